The summed E-state index contributed by atoms with van der Waals surface area (Å²) in [6.45, 7) is 5.79. The molecule has 0 saturated heterocycles. The number of benzene rings is 1. The van der Waals surface area contributed by atoms with Crippen LogP contribution in [0.25, 0.3) is 0 Å². The number of ether oxygens (including phenoxy) is 2. The molecule has 6 nitrogen and oxygen atoms in total. The van der Waals surface area contributed by atoms with Gasteiger partial charge in [0.15, 0.2) is 6.61 Å². The van der Waals surface area contributed by atoms with E-state index in [0.717, 1.165) is 6.42 Å². The topological polar surface area (TPSA) is 84.9 Å². The molecule has 0 aliphatic carbocycles. The maximum Gasteiger partial charge on any atom is 0.341 e. The molecule has 22 heavy (non-hydrogen) atoms. The van der Waals surface area contributed by atoms with Crippen LogP contribution in [0.2, 0.25) is 0 Å². The molecule has 2 N–H and O–H groups in total. The van der Waals surface area contributed by atoms with Crippen LogP contribution in [-0.2, 0) is 14.3 Å². The van der Waals surface area contributed by atoms with E-state index in [2.05, 4.69) is 5.32 Å². The van der Waals surface area contributed by atoms with Crippen molar-refractivity contribution in [2.75, 3.05) is 18.5 Å². The van der Waals surface area contributed by atoms with E-state index in [9.17, 15) is 9.59 Å². The Kier molecular flexibility index (Phi) is 6.85. The molecule has 1 aromatic carbocycles. The van der Waals surface area contributed by atoms with Gasteiger partial charge in [0.1, 0.15) is 11.4 Å². The lowest BCUT2D eigenvalue weighted by Crippen LogP contribution is -2.42. The first kappa shape index (κ1) is 18.0. The third-order valence-corrected chi connectivity index (χ3v) is 3.25. The first-order valence-corrected chi connectivity index (χ1v) is 7.31. The van der Waals surface area contributed by atoms with Crippen molar-refractivity contribution in [3.8, 4) is 5.75 Å². The molecular weight excluding hydrogens is 286 g/mol. The van der Waals surface area contributed by atoms with Crippen LogP contribution in [0.15, 0.2) is 24.3 Å². The van der Waals surface area contributed by atoms with Gasteiger partial charge in [-0.05, 0) is 44.0 Å². The van der Waals surface area contributed by atoms with E-state index in [1.54, 1.807) is 31.2 Å². The summed E-state index contributed by atoms with van der Waals surface area (Å²) < 4.78 is 10.7. The fraction of sp³-hybridized carbons (Fsp3) is 0.500. The van der Waals surface area contributed by atoms with Crippen molar-refractivity contribution in [1.29, 1.82) is 0 Å². The Morgan fingerprint density at radius 1 is 1.23 bits per heavy atom. The van der Waals surface area contributed by atoms with Crippen LogP contribution in [0.3, 0.4) is 0 Å². The summed E-state index contributed by atoms with van der Waals surface area (Å²) in [5.74, 6) is -0.812. The van der Waals surface area contributed by atoms with Crippen LogP contribution >= 0.6 is 0 Å². The Bertz CT molecular complexity index is 500. The second-order valence-corrected chi connectivity index (χ2v) is 5.09. The summed E-state index contributed by atoms with van der Waals surface area (Å²) >= 11 is 0. The maximum atomic E-state index is 12.3. The van der Waals surface area contributed by atoms with Crippen LogP contribution < -0.4 is 10.1 Å². The number of carboxylic acids is 1. The Hall–Kier alpha value is -2.08. The number of rotatable bonds is 9. The van der Waals surface area contributed by atoms with Crippen molar-refractivity contribution in [3.05, 3.63) is 24.3 Å². The van der Waals surface area contributed by atoms with Gasteiger partial charge in [0.25, 0.3) is 5.91 Å². The highest BCUT2D eigenvalue weighted by Crippen LogP contribution is 2.21. The molecule has 0 spiro atoms. The summed E-state index contributed by atoms with van der Waals surface area (Å²) in [5, 5.41) is 11.3. The number of hydrogen-bond donors (Lipinski definition) is 2. The highest BCUT2D eigenvalue weighted by Gasteiger charge is 2.32. The average Bonchev–Trinajstić information content (AvgIpc) is 2.51. The zero-order chi connectivity index (χ0) is 16.6. The number of nitrogens with one attached hydrogen (secondary N) is 1. The van der Waals surface area contributed by atoms with Crippen LogP contribution in [0, 0.1) is 0 Å². The Balaban J connectivity index is 2.65. The molecule has 6 heteroatoms. The van der Waals surface area contributed by atoms with Crippen LogP contribution in [0.1, 0.15) is 33.6 Å². The van der Waals surface area contributed by atoms with Crippen LogP contribution in [0.5, 0.6) is 5.75 Å². The van der Waals surface area contributed by atoms with E-state index in [0.29, 0.717) is 24.5 Å². The highest BCUT2D eigenvalue weighted by atomic mass is 16.5. The molecule has 1 amide bonds. The molecule has 0 aromatic heterocycles. The summed E-state index contributed by atoms with van der Waals surface area (Å²) in [5.41, 5.74) is -0.262. The number of carbonyl (C=O) groups excluding carboxylic acids is 1. The van der Waals surface area contributed by atoms with Gasteiger partial charge in [0.2, 0.25) is 0 Å². The molecule has 0 bridgehead atoms. The second kappa shape index (κ2) is 8.38. The van der Waals surface area contributed by atoms with Crippen molar-refractivity contribution < 1.29 is 24.2 Å². The SMILES string of the molecule is CCCO[C@](C)(CC)C(=O)Nc1ccc(OCC(=O)O)cc1. The lowest BCUT2D eigenvalue weighted by molar-refractivity contribution is -0.140. The van der Waals surface area contributed by atoms with Gasteiger partial charge in [-0.25, -0.2) is 4.79 Å². The molecule has 1 rings (SSSR count). The molecule has 122 valence electrons. The van der Waals surface area contributed by atoms with E-state index >= 15 is 0 Å². The second-order valence-electron chi connectivity index (χ2n) is 5.09. The zero-order valence-corrected chi connectivity index (χ0v) is 13.2. The van der Waals surface area contributed by atoms with Crippen LogP contribution in [-0.4, -0.2) is 35.8 Å². The summed E-state index contributed by atoms with van der Waals surface area (Å²) in [6, 6.07) is 6.53. The highest BCUT2D eigenvalue weighted by molar-refractivity contribution is 5.97. The Morgan fingerprint density at radius 2 is 1.86 bits per heavy atom. The first-order chi connectivity index (χ1) is 10.4. The summed E-state index contributed by atoms with van der Waals surface area (Å²) in [4.78, 5) is 22.7. The van der Waals surface area contributed by atoms with E-state index < -0.39 is 18.2 Å². The van der Waals surface area contributed by atoms with Crippen molar-refractivity contribution in [1.82, 2.24) is 0 Å². The van der Waals surface area contributed by atoms with Crippen molar-refractivity contribution in [3.63, 3.8) is 0 Å². The zero-order valence-electron chi connectivity index (χ0n) is 13.2. The van der Waals surface area contributed by atoms with Crippen molar-refractivity contribution >= 4 is 17.6 Å². The minimum absolute atomic E-state index is 0.206. The van der Waals surface area contributed by atoms with Crippen molar-refractivity contribution in [2.24, 2.45) is 0 Å². The minimum Gasteiger partial charge on any atom is -0.482 e. The Morgan fingerprint density at radius 3 is 2.36 bits per heavy atom. The third kappa shape index (κ3) is 5.37. The molecular formula is C16H23NO5. The number of aliphatic carboxylic acids is 1. The van der Waals surface area contributed by atoms with Gasteiger partial charge >= 0.3 is 5.97 Å². The molecule has 0 saturated carbocycles. The van der Waals surface area contributed by atoms with Gasteiger partial charge in [0, 0.05) is 12.3 Å². The molecule has 0 unspecified atom stereocenters. The van der Waals surface area contributed by atoms with E-state index in [-0.39, 0.29) is 5.91 Å². The van der Waals surface area contributed by atoms with Crippen LogP contribution in [0.4, 0.5) is 5.69 Å². The van der Waals surface area contributed by atoms with Crippen molar-refractivity contribution in [2.45, 2.75) is 39.2 Å². The standard InChI is InChI=1S/C16H23NO5/c1-4-10-22-16(3,5-2)15(20)17-12-6-8-13(9-7-12)21-11-14(18)19/h6-9H,4-5,10-11H2,1-3H3,(H,17,20)(H,18,19)/t16-/m1/s1. The Labute approximate surface area is 130 Å². The van der Waals surface area contributed by atoms with Gasteiger partial charge in [-0.2, -0.15) is 0 Å². The molecule has 0 aliphatic heterocycles. The number of carbonyl (C=O) groups is 2. The number of carboxylic acid groups (broad SMARTS) is 1. The van der Waals surface area contributed by atoms with Gasteiger partial charge < -0.3 is 19.9 Å². The third-order valence-electron chi connectivity index (χ3n) is 3.25. The average molecular weight is 309 g/mol. The van der Waals surface area contributed by atoms with E-state index in [1.807, 2.05) is 13.8 Å². The fourth-order valence-corrected chi connectivity index (χ4v) is 1.70. The lowest BCUT2D eigenvalue weighted by Gasteiger charge is -2.27. The quantitative estimate of drug-likeness (QED) is 0.732. The minimum atomic E-state index is -1.04. The van der Waals surface area contributed by atoms with Gasteiger partial charge in [-0.1, -0.05) is 13.8 Å². The molecule has 1 aromatic rings. The lowest BCUT2D eigenvalue weighted by atomic mass is 10.0. The number of amides is 1. The summed E-state index contributed by atoms with van der Waals surface area (Å²) in [7, 11) is 0. The first-order valence-electron chi connectivity index (χ1n) is 7.31. The molecule has 0 aliphatic rings. The fourth-order valence-electron chi connectivity index (χ4n) is 1.70. The smallest absolute Gasteiger partial charge is 0.341 e. The van der Waals surface area contributed by atoms with E-state index in [1.165, 1.54) is 0 Å². The largest absolute Gasteiger partial charge is 0.482 e. The molecule has 1 atom stereocenters. The van der Waals surface area contributed by atoms with Gasteiger partial charge in [-0.3, -0.25) is 4.79 Å². The molecule has 0 radical (unpaired) electrons. The maximum absolute atomic E-state index is 12.3. The summed E-state index contributed by atoms with van der Waals surface area (Å²) in [6.07, 6.45) is 1.41. The van der Waals surface area contributed by atoms with Gasteiger partial charge in [0.05, 0.1) is 0 Å². The van der Waals surface area contributed by atoms with E-state index in [4.69, 9.17) is 14.6 Å². The van der Waals surface area contributed by atoms with Gasteiger partial charge in [-0.15, -0.1) is 0 Å². The molecule has 0 fully saturated rings. The monoisotopic (exact) mass is 309 g/mol. The predicted octanol–water partition coefficient (Wildman–Crippen LogP) is 2.68. The molecule has 0 heterocycles. The number of anilines is 1. The number of hydrogen-bond acceptors (Lipinski definition) is 4. The predicted molar refractivity (Wildman–Crippen MR) is 83.1 cm³/mol. The normalized spacial score (nSPS) is 13.2.